The van der Waals surface area contributed by atoms with Gasteiger partial charge in [0, 0.05) is 13.5 Å². The summed E-state index contributed by atoms with van der Waals surface area (Å²) in [6.45, 7) is 1.14. The van der Waals surface area contributed by atoms with E-state index < -0.39 is 53.8 Å². The zero-order valence-electron chi connectivity index (χ0n) is 14.2. The summed E-state index contributed by atoms with van der Waals surface area (Å²) < 4.78 is 0. The Morgan fingerprint density at radius 3 is 2.30 bits per heavy atom. The third-order valence-corrected chi connectivity index (χ3v) is 4.77. The molecule has 2 fully saturated rings. The van der Waals surface area contributed by atoms with Crippen molar-refractivity contribution in [2.45, 2.75) is 31.1 Å². The molecule has 1 aromatic carbocycles. The van der Waals surface area contributed by atoms with Crippen LogP contribution in [0.5, 0.6) is 0 Å². The number of rotatable bonds is 5. The Hall–Kier alpha value is -3.43. The molecule has 1 aromatic rings. The minimum absolute atomic E-state index is 0.0495. The normalized spacial score (nSPS) is 24.6. The van der Waals surface area contributed by atoms with Gasteiger partial charge in [0.1, 0.15) is 6.04 Å². The van der Waals surface area contributed by atoms with E-state index in [0.717, 1.165) is 9.80 Å². The lowest BCUT2D eigenvalue weighted by molar-refractivity contribution is -0.166. The summed E-state index contributed by atoms with van der Waals surface area (Å²) in [5, 5.41) is 21.1. The van der Waals surface area contributed by atoms with Crippen LogP contribution in [0.3, 0.4) is 0 Å². The number of amides is 3. The van der Waals surface area contributed by atoms with Crippen LogP contribution in [0.4, 0.5) is 0 Å². The molecule has 2 saturated heterocycles. The maximum atomic E-state index is 12.5. The van der Waals surface area contributed by atoms with Crippen molar-refractivity contribution in [3.63, 3.8) is 0 Å². The van der Waals surface area contributed by atoms with E-state index in [4.69, 9.17) is 0 Å². The monoisotopic (exact) mass is 375 g/mol. The Morgan fingerprint density at radius 2 is 1.78 bits per heavy atom. The average molecular weight is 375 g/mol. The summed E-state index contributed by atoms with van der Waals surface area (Å²) in [7, 11) is 0. The Morgan fingerprint density at radius 1 is 1.15 bits per heavy atom. The molecule has 2 aliphatic rings. The first-order valence-corrected chi connectivity index (χ1v) is 8.14. The van der Waals surface area contributed by atoms with Gasteiger partial charge in [0.2, 0.25) is 23.9 Å². The number of carbonyl (C=O) groups excluding carboxylic acids is 3. The van der Waals surface area contributed by atoms with Crippen LogP contribution in [0.2, 0.25) is 0 Å². The summed E-state index contributed by atoms with van der Waals surface area (Å²) >= 11 is 0. The van der Waals surface area contributed by atoms with Gasteiger partial charge in [-0.1, -0.05) is 30.3 Å². The summed E-state index contributed by atoms with van der Waals surface area (Å²) in [6, 6.07) is 6.05. The summed E-state index contributed by atoms with van der Waals surface area (Å²) in [4.78, 5) is 61.5. The number of nitrogens with one attached hydrogen (secondary N) is 1. The predicted octanol–water partition coefficient (Wildman–Crippen LogP) is -1.18. The van der Waals surface area contributed by atoms with Crippen LogP contribution in [0.15, 0.2) is 30.3 Å². The highest BCUT2D eigenvalue weighted by Crippen LogP contribution is 2.33. The topological polar surface area (TPSA) is 144 Å². The zero-order chi connectivity index (χ0) is 19.9. The molecule has 3 N–H and O–H groups in total. The van der Waals surface area contributed by atoms with Gasteiger partial charge in [0.25, 0.3) is 0 Å². The first kappa shape index (κ1) is 18.4. The summed E-state index contributed by atoms with van der Waals surface area (Å²) in [5.74, 6) is -6.28. The van der Waals surface area contributed by atoms with E-state index in [1.54, 1.807) is 18.2 Å². The fraction of sp³-hybridized carbons (Fsp3) is 0.353. The van der Waals surface area contributed by atoms with Crippen molar-refractivity contribution < 1.29 is 34.2 Å². The van der Waals surface area contributed by atoms with E-state index in [1.807, 2.05) is 0 Å². The van der Waals surface area contributed by atoms with E-state index in [0.29, 0.717) is 0 Å². The molecule has 3 amide bonds. The van der Waals surface area contributed by atoms with Gasteiger partial charge in [-0.25, -0.2) is 4.79 Å². The van der Waals surface area contributed by atoms with Gasteiger partial charge < -0.3 is 25.3 Å². The van der Waals surface area contributed by atoms with Crippen LogP contribution in [-0.4, -0.2) is 74.5 Å². The number of carboxylic acids is 2. The quantitative estimate of drug-likeness (QED) is 0.434. The molecule has 4 atom stereocenters. The van der Waals surface area contributed by atoms with Gasteiger partial charge in [0.15, 0.2) is 5.92 Å². The molecule has 27 heavy (non-hydrogen) atoms. The third kappa shape index (κ3) is 2.98. The maximum Gasteiger partial charge on any atom is 0.347 e. The molecule has 0 saturated carbocycles. The lowest BCUT2D eigenvalue weighted by Gasteiger charge is -2.43. The van der Waals surface area contributed by atoms with Crippen LogP contribution in [-0.2, 0) is 24.0 Å². The van der Waals surface area contributed by atoms with E-state index in [2.05, 4.69) is 5.32 Å². The van der Waals surface area contributed by atoms with Gasteiger partial charge in [-0.2, -0.15) is 0 Å². The molecule has 0 radical (unpaired) electrons. The highest BCUT2D eigenvalue weighted by Gasteiger charge is 2.60. The van der Waals surface area contributed by atoms with Crippen molar-refractivity contribution in [1.82, 2.24) is 15.1 Å². The van der Waals surface area contributed by atoms with E-state index in [9.17, 15) is 34.2 Å². The highest BCUT2D eigenvalue weighted by molar-refractivity contribution is 6.05. The van der Waals surface area contributed by atoms with Crippen LogP contribution in [0, 0.1) is 0 Å². The fourth-order valence-electron chi connectivity index (χ4n) is 3.51. The molecule has 0 aromatic heterocycles. The molecular formula is C17H17N3O7. The van der Waals surface area contributed by atoms with Gasteiger partial charge in [-0.05, 0) is 5.56 Å². The Labute approximate surface area is 153 Å². The molecule has 0 aliphatic carbocycles. The number of aliphatic carboxylic acids is 2. The Balaban J connectivity index is 1.78. The van der Waals surface area contributed by atoms with E-state index in [-0.39, 0.29) is 12.1 Å². The van der Waals surface area contributed by atoms with Gasteiger partial charge in [-0.3, -0.25) is 19.2 Å². The number of nitrogens with zero attached hydrogens (tertiary/aromatic N) is 2. The molecule has 142 valence electrons. The maximum absolute atomic E-state index is 12.5. The van der Waals surface area contributed by atoms with E-state index >= 15 is 0 Å². The minimum Gasteiger partial charge on any atom is -0.480 e. The molecule has 3 unspecified atom stereocenters. The second-order valence-electron chi connectivity index (χ2n) is 6.36. The van der Waals surface area contributed by atoms with Crippen LogP contribution in [0.1, 0.15) is 18.4 Å². The number of carboxylic acid groups (broad SMARTS) is 2. The minimum atomic E-state index is -1.51. The molecular weight excluding hydrogens is 358 g/mol. The largest absolute Gasteiger partial charge is 0.480 e. The standard InChI is InChI=1S/C17H17N3O7/c1-8(21)19-7-10-12(15(23)20(10)14(19)17(26)27)18-13(22)11(16(24)25)9-5-3-2-4-6-9/h2-6,10-12,14H,7H2,1H3,(H,18,22)(H,24,25)(H,26,27)/t10?,11?,12-,14?/m0/s1. The highest BCUT2D eigenvalue weighted by atomic mass is 16.4. The molecule has 0 spiro atoms. The van der Waals surface area contributed by atoms with Gasteiger partial charge >= 0.3 is 11.9 Å². The van der Waals surface area contributed by atoms with Crippen molar-refractivity contribution in [2.75, 3.05) is 6.54 Å². The molecule has 0 bridgehead atoms. The number of hydrogen-bond donors (Lipinski definition) is 3. The number of β-lactam (4-membered cyclic amide) rings is 1. The molecule has 3 rings (SSSR count). The smallest absolute Gasteiger partial charge is 0.347 e. The molecule has 2 heterocycles. The number of fused-ring (bicyclic) bond motifs is 1. The van der Waals surface area contributed by atoms with E-state index in [1.165, 1.54) is 19.1 Å². The van der Waals surface area contributed by atoms with Crippen LogP contribution >= 0.6 is 0 Å². The first-order chi connectivity index (χ1) is 12.7. The SMILES string of the molecule is CC(=O)N1CC2[C@H](NC(=O)C(C(=O)O)c3ccccc3)C(=O)N2C1C(=O)O. The Kier molecular flexibility index (Phi) is 4.56. The third-order valence-electron chi connectivity index (χ3n) is 4.77. The second kappa shape index (κ2) is 6.71. The summed E-state index contributed by atoms with van der Waals surface area (Å²) in [6.07, 6.45) is -1.42. The molecule has 10 nitrogen and oxygen atoms in total. The molecule has 10 heteroatoms. The number of hydrogen-bond acceptors (Lipinski definition) is 5. The van der Waals surface area contributed by atoms with Crippen LogP contribution in [0.25, 0.3) is 0 Å². The number of carbonyl (C=O) groups is 5. The van der Waals surface area contributed by atoms with Crippen LogP contribution < -0.4 is 5.32 Å². The second-order valence-corrected chi connectivity index (χ2v) is 6.36. The molecule has 2 aliphatic heterocycles. The first-order valence-electron chi connectivity index (χ1n) is 8.14. The van der Waals surface area contributed by atoms with Crippen molar-refractivity contribution >= 4 is 29.7 Å². The lowest BCUT2D eigenvalue weighted by Crippen LogP contribution is -2.71. The Bertz CT molecular complexity index is 825. The predicted molar refractivity (Wildman–Crippen MR) is 88.2 cm³/mol. The summed E-state index contributed by atoms with van der Waals surface area (Å²) in [5.41, 5.74) is 0.256. The van der Waals surface area contributed by atoms with Crippen molar-refractivity contribution in [1.29, 1.82) is 0 Å². The van der Waals surface area contributed by atoms with Crippen molar-refractivity contribution in [3.05, 3.63) is 35.9 Å². The zero-order valence-corrected chi connectivity index (χ0v) is 14.2. The van der Waals surface area contributed by atoms with Gasteiger partial charge in [0.05, 0.1) is 6.04 Å². The number of benzene rings is 1. The average Bonchev–Trinajstić information content (AvgIpc) is 2.97. The fourth-order valence-corrected chi connectivity index (χ4v) is 3.51. The van der Waals surface area contributed by atoms with Crippen molar-refractivity contribution in [2.24, 2.45) is 0 Å². The van der Waals surface area contributed by atoms with Gasteiger partial charge in [-0.15, -0.1) is 0 Å². The van der Waals surface area contributed by atoms with Crippen molar-refractivity contribution in [3.8, 4) is 0 Å². The lowest BCUT2D eigenvalue weighted by atomic mass is 9.93.